The molecule has 164 valence electrons. The highest BCUT2D eigenvalue weighted by Gasteiger charge is 2.53. The van der Waals surface area contributed by atoms with Gasteiger partial charge in [0.15, 0.2) is 5.54 Å². The Morgan fingerprint density at radius 3 is 2.09 bits per heavy atom. The minimum absolute atomic E-state index is 0.00820. The number of benzene rings is 3. The molecule has 0 aliphatic carbocycles. The number of urea groups is 1. The highest BCUT2D eigenvalue weighted by atomic mass is 16.5. The van der Waals surface area contributed by atoms with Crippen molar-refractivity contribution in [3.8, 4) is 17.2 Å². The van der Waals surface area contributed by atoms with E-state index in [0.29, 0.717) is 22.7 Å². The minimum Gasteiger partial charge on any atom is -0.497 e. The summed E-state index contributed by atoms with van der Waals surface area (Å²) < 4.78 is 10.8. The molecule has 0 bridgehead atoms. The number of carbonyl (C=O) groups excluding carboxylic acids is 2. The number of nitrogens with one attached hydrogen (secondary N) is 1. The predicted molar refractivity (Wildman–Crippen MR) is 121 cm³/mol. The van der Waals surface area contributed by atoms with Crippen LogP contribution in [0.5, 0.6) is 5.75 Å². The molecule has 1 N–H and O–H groups in total. The average Bonchev–Trinajstić information content (AvgIpc) is 3.44. The topological polar surface area (TPSA) is 84.7 Å². The third-order valence-electron chi connectivity index (χ3n) is 5.73. The van der Waals surface area contributed by atoms with Crippen LogP contribution in [0.2, 0.25) is 0 Å². The van der Waals surface area contributed by atoms with Crippen LogP contribution in [0.15, 0.2) is 95.6 Å². The molecule has 3 amide bonds. The summed E-state index contributed by atoms with van der Waals surface area (Å²) >= 11 is 0. The monoisotopic (exact) mass is 439 g/mol. The van der Waals surface area contributed by atoms with Gasteiger partial charge in [0, 0.05) is 5.56 Å². The summed E-state index contributed by atoms with van der Waals surface area (Å²) in [5.74, 6) is 0.763. The number of hydrogen-bond acceptors (Lipinski definition) is 5. The molecule has 0 saturated carbocycles. The van der Waals surface area contributed by atoms with E-state index in [1.165, 1.54) is 11.2 Å². The zero-order valence-electron chi connectivity index (χ0n) is 17.9. The van der Waals surface area contributed by atoms with Gasteiger partial charge in [0.25, 0.3) is 5.91 Å². The normalized spacial score (nSPS) is 14.9. The molecule has 1 aliphatic heterocycles. The molecule has 0 atom stereocenters. The average molecular weight is 439 g/mol. The standard InChI is InChI=1S/C26H21N3O4/c1-32-22-14-12-18(13-15-22)23-27-21(17-33-23)16-29-24(30)26(28-25(29)31,19-8-4-2-5-9-19)20-10-6-3-7-11-20/h2-15,17H,16H2,1H3,(H,28,31). The molecular formula is C26H21N3O4. The van der Waals surface area contributed by atoms with Crippen molar-refractivity contribution in [1.29, 1.82) is 0 Å². The van der Waals surface area contributed by atoms with Gasteiger partial charge in [0.1, 0.15) is 12.0 Å². The van der Waals surface area contributed by atoms with Crippen LogP contribution < -0.4 is 10.1 Å². The number of methoxy groups -OCH3 is 1. The number of nitrogens with zero attached hydrogens (tertiary/aromatic N) is 2. The Kier molecular flexibility index (Phi) is 5.14. The number of amides is 3. The zero-order chi connectivity index (χ0) is 22.8. The Morgan fingerprint density at radius 2 is 1.52 bits per heavy atom. The fourth-order valence-corrected chi connectivity index (χ4v) is 4.06. The molecule has 0 spiro atoms. The zero-order valence-corrected chi connectivity index (χ0v) is 17.9. The maximum atomic E-state index is 13.8. The summed E-state index contributed by atoms with van der Waals surface area (Å²) in [6.45, 7) is -0.00820. The van der Waals surface area contributed by atoms with E-state index in [2.05, 4.69) is 10.3 Å². The third-order valence-corrected chi connectivity index (χ3v) is 5.73. The number of hydrogen-bond donors (Lipinski definition) is 1. The molecule has 0 radical (unpaired) electrons. The lowest BCUT2D eigenvalue weighted by molar-refractivity contribution is -0.130. The number of imide groups is 1. The fraction of sp³-hybridized carbons (Fsp3) is 0.115. The highest BCUT2D eigenvalue weighted by Crippen LogP contribution is 2.36. The van der Waals surface area contributed by atoms with Crippen LogP contribution in [0.25, 0.3) is 11.5 Å². The molecule has 5 rings (SSSR count). The van der Waals surface area contributed by atoms with Crippen molar-refractivity contribution < 1.29 is 18.7 Å². The quantitative estimate of drug-likeness (QED) is 0.452. The van der Waals surface area contributed by atoms with Gasteiger partial charge in [-0.3, -0.25) is 9.69 Å². The summed E-state index contributed by atoms with van der Waals surface area (Å²) in [7, 11) is 1.60. The van der Waals surface area contributed by atoms with Gasteiger partial charge in [0.2, 0.25) is 5.89 Å². The molecule has 1 fully saturated rings. The second-order valence-corrected chi connectivity index (χ2v) is 7.68. The van der Waals surface area contributed by atoms with E-state index in [4.69, 9.17) is 9.15 Å². The van der Waals surface area contributed by atoms with Gasteiger partial charge in [-0.2, -0.15) is 0 Å². The van der Waals surface area contributed by atoms with Crippen LogP contribution in [0.3, 0.4) is 0 Å². The van der Waals surface area contributed by atoms with Gasteiger partial charge < -0.3 is 14.5 Å². The van der Waals surface area contributed by atoms with Gasteiger partial charge in [-0.15, -0.1) is 0 Å². The van der Waals surface area contributed by atoms with E-state index in [9.17, 15) is 9.59 Å². The van der Waals surface area contributed by atoms with Crippen molar-refractivity contribution in [1.82, 2.24) is 15.2 Å². The van der Waals surface area contributed by atoms with Crippen molar-refractivity contribution >= 4 is 11.9 Å². The van der Waals surface area contributed by atoms with E-state index >= 15 is 0 Å². The predicted octanol–water partition coefficient (Wildman–Crippen LogP) is 4.35. The molecule has 1 aromatic heterocycles. The van der Waals surface area contributed by atoms with Gasteiger partial charge in [0.05, 0.1) is 19.3 Å². The smallest absolute Gasteiger partial charge is 0.325 e. The van der Waals surface area contributed by atoms with E-state index in [1.54, 1.807) is 7.11 Å². The Labute approximate surface area is 190 Å². The first-order valence-electron chi connectivity index (χ1n) is 10.5. The van der Waals surface area contributed by atoms with Gasteiger partial charge >= 0.3 is 6.03 Å². The van der Waals surface area contributed by atoms with Gasteiger partial charge in [-0.25, -0.2) is 9.78 Å². The van der Waals surface area contributed by atoms with Crippen molar-refractivity contribution in [3.05, 3.63) is 108 Å². The molecule has 2 heterocycles. The number of rotatable bonds is 6. The van der Waals surface area contributed by atoms with Crippen molar-refractivity contribution in [2.24, 2.45) is 0 Å². The number of aromatic nitrogens is 1. The van der Waals surface area contributed by atoms with E-state index < -0.39 is 11.6 Å². The largest absolute Gasteiger partial charge is 0.497 e. The fourth-order valence-electron chi connectivity index (χ4n) is 4.06. The molecule has 1 saturated heterocycles. The van der Waals surface area contributed by atoms with Crippen LogP contribution in [-0.2, 0) is 16.9 Å². The Balaban J connectivity index is 1.46. The van der Waals surface area contributed by atoms with E-state index in [-0.39, 0.29) is 12.5 Å². The van der Waals surface area contributed by atoms with Crippen LogP contribution in [0, 0.1) is 0 Å². The highest BCUT2D eigenvalue weighted by molar-refractivity contribution is 6.09. The Hall–Kier alpha value is -4.39. The number of oxazole rings is 1. The number of carbonyl (C=O) groups is 2. The summed E-state index contributed by atoms with van der Waals surface area (Å²) in [5, 5.41) is 2.94. The number of ether oxygens (including phenoxy) is 1. The lowest BCUT2D eigenvalue weighted by atomic mass is 9.82. The molecule has 7 nitrogen and oxygen atoms in total. The summed E-state index contributed by atoms with van der Waals surface area (Å²) in [6, 6.07) is 25.3. The molecular weight excluding hydrogens is 418 g/mol. The molecule has 1 aliphatic rings. The Morgan fingerprint density at radius 1 is 0.909 bits per heavy atom. The third kappa shape index (κ3) is 3.53. The first-order valence-corrected chi connectivity index (χ1v) is 10.5. The first-order chi connectivity index (χ1) is 16.1. The second kappa shape index (κ2) is 8.27. The summed E-state index contributed by atoms with van der Waals surface area (Å²) in [5.41, 5.74) is 1.32. The van der Waals surface area contributed by atoms with E-state index in [1.807, 2.05) is 84.9 Å². The molecule has 3 aromatic carbocycles. The van der Waals surface area contributed by atoms with Gasteiger partial charge in [-0.05, 0) is 35.4 Å². The molecule has 0 unspecified atom stereocenters. The lowest BCUT2D eigenvalue weighted by Crippen LogP contribution is -2.45. The summed E-state index contributed by atoms with van der Waals surface area (Å²) in [4.78, 5) is 32.4. The molecule has 4 aromatic rings. The SMILES string of the molecule is COc1ccc(-c2nc(CN3C(=O)NC(c4ccccc4)(c4ccccc4)C3=O)co2)cc1. The van der Waals surface area contributed by atoms with Crippen molar-refractivity contribution in [2.45, 2.75) is 12.1 Å². The molecule has 7 heteroatoms. The molecule has 33 heavy (non-hydrogen) atoms. The van der Waals surface area contributed by atoms with E-state index in [0.717, 1.165) is 11.3 Å². The van der Waals surface area contributed by atoms with Crippen molar-refractivity contribution in [2.75, 3.05) is 7.11 Å². The first kappa shape index (κ1) is 20.5. The van der Waals surface area contributed by atoms with Crippen molar-refractivity contribution in [3.63, 3.8) is 0 Å². The van der Waals surface area contributed by atoms with Crippen LogP contribution in [-0.4, -0.2) is 28.9 Å². The Bertz CT molecular complexity index is 1240. The lowest BCUT2D eigenvalue weighted by Gasteiger charge is -2.27. The summed E-state index contributed by atoms with van der Waals surface area (Å²) in [6.07, 6.45) is 1.46. The van der Waals surface area contributed by atoms with Crippen LogP contribution in [0.1, 0.15) is 16.8 Å². The minimum atomic E-state index is -1.30. The maximum absolute atomic E-state index is 13.8. The maximum Gasteiger partial charge on any atom is 0.325 e. The second-order valence-electron chi connectivity index (χ2n) is 7.68. The van der Waals surface area contributed by atoms with Crippen LogP contribution >= 0.6 is 0 Å². The van der Waals surface area contributed by atoms with Crippen LogP contribution in [0.4, 0.5) is 4.79 Å². The van der Waals surface area contributed by atoms with Gasteiger partial charge in [-0.1, -0.05) is 60.7 Å².